The first-order chi connectivity index (χ1) is 19.1. The standard InChI is InChI=1S/C27H35F4N9/c1-36-24(34)23(19(14-32)15-33)25(35)39-9-5-17(6-10-39)26-37-22(16-40(26)12-11-38-7-2-8-38)18-3-4-21(28)20(13-18)27(29,30)31/h3-4,13-17,32H,2,5-12,33,35H2,1H3,(H2,34,36)/b19-15+,25-23?,32-14?. The summed E-state index contributed by atoms with van der Waals surface area (Å²) in [5.41, 5.74) is 18.3. The highest BCUT2D eigenvalue weighted by Crippen LogP contribution is 2.36. The van der Waals surface area contributed by atoms with E-state index in [0.29, 0.717) is 55.1 Å². The van der Waals surface area contributed by atoms with Crippen LogP contribution in [0.5, 0.6) is 0 Å². The lowest BCUT2D eigenvalue weighted by Crippen LogP contribution is -2.40. The van der Waals surface area contributed by atoms with Crippen LogP contribution >= 0.6 is 0 Å². The predicted octanol–water partition coefficient (Wildman–Crippen LogP) is 3.24. The lowest BCUT2D eigenvalue weighted by molar-refractivity contribution is -0.139. The fourth-order valence-corrected chi connectivity index (χ4v) is 5.11. The van der Waals surface area contributed by atoms with E-state index in [1.165, 1.54) is 19.3 Å². The molecule has 0 saturated carbocycles. The highest BCUT2D eigenvalue weighted by molar-refractivity contribution is 6.08. The van der Waals surface area contributed by atoms with Crippen molar-refractivity contribution in [1.82, 2.24) is 19.4 Å². The molecule has 3 heterocycles. The zero-order chi connectivity index (χ0) is 29.0. The van der Waals surface area contributed by atoms with Crippen LogP contribution in [0.25, 0.3) is 11.3 Å². The molecule has 2 aromatic rings. The molecule has 7 N–H and O–H groups in total. The Kier molecular flexibility index (Phi) is 8.82. The van der Waals surface area contributed by atoms with Gasteiger partial charge in [0.25, 0.3) is 0 Å². The molecule has 40 heavy (non-hydrogen) atoms. The van der Waals surface area contributed by atoms with E-state index in [2.05, 4.69) is 9.89 Å². The Balaban J connectivity index is 1.61. The van der Waals surface area contributed by atoms with E-state index in [-0.39, 0.29) is 17.3 Å². The summed E-state index contributed by atoms with van der Waals surface area (Å²) in [6, 6.07) is 2.99. The van der Waals surface area contributed by atoms with Crippen LogP contribution in [0.15, 0.2) is 52.6 Å². The molecular weight excluding hydrogens is 526 g/mol. The molecule has 2 aliphatic rings. The maximum absolute atomic E-state index is 13.9. The maximum atomic E-state index is 13.9. The van der Waals surface area contributed by atoms with Crippen LogP contribution < -0.4 is 17.2 Å². The van der Waals surface area contributed by atoms with Gasteiger partial charge in [-0.1, -0.05) is 0 Å². The summed E-state index contributed by atoms with van der Waals surface area (Å²) in [6.45, 7) is 4.64. The van der Waals surface area contributed by atoms with Crippen LogP contribution in [-0.2, 0) is 12.7 Å². The molecule has 4 rings (SSSR count). The Hall–Kier alpha value is -3.87. The number of rotatable bonds is 9. The first kappa shape index (κ1) is 29.1. The first-order valence-electron chi connectivity index (χ1n) is 13.1. The number of nitrogens with one attached hydrogen (secondary N) is 1. The average molecular weight is 562 g/mol. The van der Waals surface area contributed by atoms with Crippen LogP contribution in [-0.4, -0.2) is 71.2 Å². The Morgan fingerprint density at radius 1 is 1.15 bits per heavy atom. The number of alkyl halides is 3. The summed E-state index contributed by atoms with van der Waals surface area (Å²) in [7, 11) is 1.53. The number of aliphatic imine (C=N–C) groups is 1. The number of nitrogens with two attached hydrogens (primary N) is 3. The third-order valence-electron chi connectivity index (χ3n) is 7.56. The fraction of sp³-hybridized carbons (Fsp3) is 0.444. The molecule has 0 unspecified atom stereocenters. The maximum Gasteiger partial charge on any atom is 0.419 e. The van der Waals surface area contributed by atoms with E-state index in [4.69, 9.17) is 27.6 Å². The van der Waals surface area contributed by atoms with Crippen LogP contribution in [0.1, 0.15) is 36.6 Å². The van der Waals surface area contributed by atoms with Gasteiger partial charge in [0.15, 0.2) is 0 Å². The molecule has 216 valence electrons. The number of piperidine rings is 1. The van der Waals surface area contributed by atoms with Crippen molar-refractivity contribution in [1.29, 1.82) is 5.41 Å². The topological polar surface area (TPSA) is 139 Å². The normalized spacial score (nSPS) is 18.5. The van der Waals surface area contributed by atoms with Crippen LogP contribution in [0.4, 0.5) is 17.6 Å². The molecule has 0 aliphatic carbocycles. The van der Waals surface area contributed by atoms with Gasteiger partial charge in [-0.25, -0.2) is 9.37 Å². The molecule has 1 aromatic heterocycles. The number of amidine groups is 1. The molecule has 13 heteroatoms. The summed E-state index contributed by atoms with van der Waals surface area (Å²) in [4.78, 5) is 13.1. The lowest BCUT2D eigenvalue weighted by atomic mass is 9.95. The largest absolute Gasteiger partial charge is 0.419 e. The van der Waals surface area contributed by atoms with Crippen LogP contribution in [0.3, 0.4) is 0 Å². The van der Waals surface area contributed by atoms with Crippen LogP contribution in [0, 0.1) is 11.2 Å². The highest BCUT2D eigenvalue weighted by atomic mass is 19.4. The van der Waals surface area contributed by atoms with Gasteiger partial charge in [-0.2, -0.15) is 13.2 Å². The molecule has 2 aliphatic heterocycles. The second kappa shape index (κ2) is 12.1. The second-order valence-electron chi connectivity index (χ2n) is 9.96. The van der Waals surface area contributed by atoms with Crippen molar-refractivity contribution in [2.45, 2.75) is 37.9 Å². The third kappa shape index (κ3) is 6.14. The van der Waals surface area contributed by atoms with Crippen molar-refractivity contribution in [2.24, 2.45) is 22.2 Å². The quantitative estimate of drug-likeness (QED) is 0.161. The SMILES string of the molecule is CN=C(N)C(=C(N)N1CCC(c2nc(-c3ccc(F)c(C(F)(F)F)c3)cn2CCN2CCC2)CC1)/C(C=N)=C/N. The van der Waals surface area contributed by atoms with Gasteiger partial charge >= 0.3 is 6.18 Å². The minimum atomic E-state index is -4.80. The Morgan fingerprint density at radius 2 is 1.85 bits per heavy atom. The van der Waals surface area contributed by atoms with E-state index in [0.717, 1.165) is 50.2 Å². The van der Waals surface area contributed by atoms with Crippen molar-refractivity contribution in [3.05, 3.63) is 64.8 Å². The molecule has 1 aromatic carbocycles. The van der Waals surface area contributed by atoms with Gasteiger partial charge in [0.05, 0.1) is 16.8 Å². The van der Waals surface area contributed by atoms with Crippen LogP contribution in [0.2, 0.25) is 0 Å². The molecular formula is C27H35F4N9. The Morgan fingerprint density at radius 3 is 2.40 bits per heavy atom. The van der Waals surface area contributed by atoms with Gasteiger partial charge < -0.3 is 37.0 Å². The number of nitrogens with zero attached hydrogens (tertiary/aromatic N) is 5. The molecule has 0 amide bonds. The van der Waals surface area contributed by atoms with E-state index < -0.39 is 17.6 Å². The zero-order valence-corrected chi connectivity index (χ0v) is 22.4. The smallest absolute Gasteiger partial charge is 0.404 e. The summed E-state index contributed by atoms with van der Waals surface area (Å²) in [6.07, 6.45) is 1.81. The van der Waals surface area contributed by atoms with Crippen molar-refractivity contribution in [2.75, 3.05) is 39.8 Å². The number of hydrogen-bond donors (Lipinski definition) is 4. The van der Waals surface area contributed by atoms with Gasteiger partial charge in [-0.15, -0.1) is 0 Å². The van der Waals surface area contributed by atoms with Gasteiger partial charge in [-0.3, -0.25) is 4.99 Å². The molecule has 0 radical (unpaired) electrons. The molecule has 2 saturated heterocycles. The minimum absolute atomic E-state index is 0.0321. The average Bonchev–Trinajstić information content (AvgIpc) is 3.34. The number of hydrogen-bond acceptors (Lipinski definition) is 7. The molecule has 9 nitrogen and oxygen atoms in total. The zero-order valence-electron chi connectivity index (χ0n) is 22.4. The summed E-state index contributed by atoms with van der Waals surface area (Å²) in [5, 5.41) is 7.66. The van der Waals surface area contributed by atoms with Gasteiger partial charge in [0.1, 0.15) is 23.3 Å². The summed E-state index contributed by atoms with van der Waals surface area (Å²) < 4.78 is 56.1. The Bertz CT molecular complexity index is 1310. The van der Waals surface area contributed by atoms with Gasteiger partial charge in [-0.05, 0) is 50.6 Å². The third-order valence-corrected chi connectivity index (χ3v) is 7.56. The van der Waals surface area contributed by atoms with E-state index >= 15 is 0 Å². The van der Waals surface area contributed by atoms with Gasteiger partial charge in [0.2, 0.25) is 0 Å². The molecule has 0 atom stereocenters. The van der Waals surface area contributed by atoms with E-state index in [1.807, 2.05) is 9.47 Å². The monoisotopic (exact) mass is 561 g/mol. The van der Waals surface area contributed by atoms with Gasteiger partial charge in [0, 0.05) is 68.9 Å². The number of aromatic nitrogens is 2. The fourth-order valence-electron chi connectivity index (χ4n) is 5.11. The number of imidazole rings is 1. The summed E-state index contributed by atoms with van der Waals surface area (Å²) >= 11 is 0. The van der Waals surface area contributed by atoms with Crippen molar-refractivity contribution < 1.29 is 17.6 Å². The lowest BCUT2D eigenvalue weighted by Gasteiger charge is -2.35. The predicted molar refractivity (Wildman–Crippen MR) is 147 cm³/mol. The number of benzene rings is 1. The number of halogens is 4. The van der Waals surface area contributed by atoms with E-state index in [1.54, 1.807) is 6.20 Å². The summed E-state index contributed by atoms with van der Waals surface area (Å²) in [5.74, 6) is 0.0469. The first-order valence-corrected chi connectivity index (χ1v) is 13.1. The second-order valence-corrected chi connectivity index (χ2v) is 9.96. The van der Waals surface area contributed by atoms with Crippen molar-refractivity contribution in [3.63, 3.8) is 0 Å². The van der Waals surface area contributed by atoms with Crippen molar-refractivity contribution in [3.8, 4) is 11.3 Å². The van der Waals surface area contributed by atoms with Crippen molar-refractivity contribution >= 4 is 12.1 Å². The minimum Gasteiger partial charge on any atom is -0.404 e. The molecule has 0 bridgehead atoms. The highest BCUT2D eigenvalue weighted by Gasteiger charge is 2.35. The molecule has 0 spiro atoms. The van der Waals surface area contributed by atoms with E-state index in [9.17, 15) is 17.6 Å². The molecule has 2 fully saturated rings. The Labute approximate surface area is 230 Å². The number of likely N-dealkylation sites (tertiary alicyclic amines) is 2.